The second kappa shape index (κ2) is 8.44. The zero-order valence-corrected chi connectivity index (χ0v) is 16.1. The lowest BCUT2D eigenvalue weighted by atomic mass is 10.0. The minimum Gasteiger partial charge on any atom is -0.496 e. The van der Waals surface area contributed by atoms with Gasteiger partial charge in [-0.15, -0.1) is 0 Å². The molecule has 0 radical (unpaired) electrons. The van der Waals surface area contributed by atoms with Crippen LogP contribution in [0, 0.1) is 0 Å². The molecule has 1 aliphatic heterocycles. The van der Waals surface area contributed by atoms with E-state index in [9.17, 15) is 4.79 Å². The monoisotopic (exact) mass is 378 g/mol. The van der Waals surface area contributed by atoms with Gasteiger partial charge in [0.2, 0.25) is 0 Å². The topological polar surface area (TPSA) is 70.2 Å². The van der Waals surface area contributed by atoms with Crippen LogP contribution in [0.2, 0.25) is 0 Å². The number of piperidine rings is 1. The van der Waals surface area contributed by atoms with Crippen LogP contribution in [0.25, 0.3) is 10.9 Å². The van der Waals surface area contributed by atoms with E-state index in [4.69, 9.17) is 4.74 Å². The van der Waals surface area contributed by atoms with E-state index >= 15 is 0 Å². The van der Waals surface area contributed by atoms with Crippen LogP contribution in [-0.4, -0.2) is 47.7 Å². The minimum absolute atomic E-state index is 0.0846. The first kappa shape index (κ1) is 18.5. The fourth-order valence-electron chi connectivity index (χ4n) is 4.05. The molecule has 1 fully saturated rings. The first-order valence-electron chi connectivity index (χ1n) is 9.85. The van der Waals surface area contributed by atoms with Crippen LogP contribution in [0.15, 0.2) is 48.7 Å². The van der Waals surface area contributed by atoms with E-state index < -0.39 is 0 Å². The van der Waals surface area contributed by atoms with Crippen LogP contribution in [0.4, 0.5) is 0 Å². The van der Waals surface area contributed by atoms with Crippen molar-refractivity contribution in [3.05, 3.63) is 59.8 Å². The number of amides is 1. The lowest BCUT2D eigenvalue weighted by molar-refractivity contribution is 0.0924. The van der Waals surface area contributed by atoms with Crippen molar-refractivity contribution in [3.8, 4) is 5.75 Å². The summed E-state index contributed by atoms with van der Waals surface area (Å²) in [7, 11) is 1.70. The highest BCUT2D eigenvalue weighted by atomic mass is 16.5. The number of benzene rings is 2. The van der Waals surface area contributed by atoms with Crippen LogP contribution >= 0.6 is 0 Å². The van der Waals surface area contributed by atoms with Crippen LogP contribution < -0.4 is 10.1 Å². The van der Waals surface area contributed by atoms with Gasteiger partial charge in [0.15, 0.2) is 0 Å². The summed E-state index contributed by atoms with van der Waals surface area (Å²) < 4.78 is 5.60. The van der Waals surface area contributed by atoms with Gasteiger partial charge in [0.25, 0.3) is 5.91 Å². The molecule has 146 valence electrons. The molecule has 1 saturated heterocycles. The van der Waals surface area contributed by atoms with Crippen molar-refractivity contribution < 1.29 is 9.53 Å². The third-order valence-electron chi connectivity index (χ3n) is 5.51. The summed E-state index contributed by atoms with van der Waals surface area (Å²) in [5.41, 5.74) is 2.51. The second-order valence-electron chi connectivity index (χ2n) is 7.20. The SMILES string of the molecule is COc1ccccc1C(CNC(=O)c1cccc2cn[nH]c12)N1CCCCC1. The number of para-hydroxylation sites is 2. The number of hydrogen-bond acceptors (Lipinski definition) is 4. The van der Waals surface area contributed by atoms with Gasteiger partial charge in [-0.05, 0) is 38.1 Å². The summed E-state index contributed by atoms with van der Waals surface area (Å²) in [6, 6.07) is 13.8. The average Bonchev–Trinajstić information content (AvgIpc) is 3.24. The molecule has 2 aromatic carbocycles. The molecule has 1 atom stereocenters. The Kier molecular flexibility index (Phi) is 5.58. The van der Waals surface area contributed by atoms with Crippen molar-refractivity contribution in [3.63, 3.8) is 0 Å². The number of hydrogen-bond donors (Lipinski definition) is 2. The minimum atomic E-state index is -0.0910. The quantitative estimate of drug-likeness (QED) is 0.688. The summed E-state index contributed by atoms with van der Waals surface area (Å²) >= 11 is 0. The number of nitrogens with one attached hydrogen (secondary N) is 2. The first-order chi connectivity index (χ1) is 13.8. The van der Waals surface area contributed by atoms with E-state index in [-0.39, 0.29) is 11.9 Å². The number of nitrogens with zero attached hydrogens (tertiary/aromatic N) is 2. The largest absolute Gasteiger partial charge is 0.496 e. The molecule has 1 unspecified atom stereocenters. The zero-order valence-electron chi connectivity index (χ0n) is 16.1. The number of carbonyl (C=O) groups excluding carboxylic acids is 1. The highest BCUT2D eigenvalue weighted by Gasteiger charge is 2.25. The number of aromatic amines is 1. The number of ether oxygens (including phenoxy) is 1. The molecular weight excluding hydrogens is 352 g/mol. The number of fused-ring (bicyclic) bond motifs is 1. The fourth-order valence-corrected chi connectivity index (χ4v) is 4.05. The van der Waals surface area contributed by atoms with Gasteiger partial charge in [-0.25, -0.2) is 0 Å². The lowest BCUT2D eigenvalue weighted by Crippen LogP contribution is -2.40. The van der Waals surface area contributed by atoms with E-state index in [1.165, 1.54) is 19.3 Å². The van der Waals surface area contributed by atoms with E-state index in [1.807, 2.05) is 36.4 Å². The Bertz CT molecular complexity index is 946. The molecule has 6 heteroatoms. The normalized spacial score (nSPS) is 16.0. The van der Waals surface area contributed by atoms with Gasteiger partial charge in [0, 0.05) is 17.5 Å². The summed E-state index contributed by atoms with van der Waals surface area (Å²) in [5.74, 6) is 0.773. The maximum absolute atomic E-state index is 12.9. The van der Waals surface area contributed by atoms with Gasteiger partial charge < -0.3 is 10.1 Å². The van der Waals surface area contributed by atoms with Crippen molar-refractivity contribution >= 4 is 16.8 Å². The van der Waals surface area contributed by atoms with Crippen LogP contribution in [0.3, 0.4) is 0 Å². The molecule has 2 N–H and O–H groups in total. The van der Waals surface area contributed by atoms with Gasteiger partial charge in [0.05, 0.1) is 30.4 Å². The van der Waals surface area contributed by atoms with Gasteiger partial charge >= 0.3 is 0 Å². The van der Waals surface area contributed by atoms with Crippen LogP contribution in [0.5, 0.6) is 5.75 Å². The highest BCUT2D eigenvalue weighted by Crippen LogP contribution is 2.31. The third kappa shape index (κ3) is 3.73. The lowest BCUT2D eigenvalue weighted by Gasteiger charge is -2.35. The molecule has 0 spiro atoms. The average molecular weight is 378 g/mol. The Morgan fingerprint density at radius 1 is 1.18 bits per heavy atom. The molecule has 0 saturated carbocycles. The summed E-state index contributed by atoms with van der Waals surface area (Å²) in [4.78, 5) is 15.4. The highest BCUT2D eigenvalue weighted by molar-refractivity contribution is 6.05. The van der Waals surface area contributed by atoms with E-state index in [1.54, 1.807) is 13.3 Å². The second-order valence-corrected chi connectivity index (χ2v) is 7.20. The predicted octanol–water partition coefficient (Wildman–Crippen LogP) is 3.53. The van der Waals surface area contributed by atoms with Crippen molar-refractivity contribution in [2.75, 3.05) is 26.7 Å². The van der Waals surface area contributed by atoms with Crippen LogP contribution in [-0.2, 0) is 0 Å². The molecule has 0 aliphatic carbocycles. The smallest absolute Gasteiger partial charge is 0.253 e. The summed E-state index contributed by atoms with van der Waals surface area (Å²) in [6.07, 6.45) is 5.38. The molecule has 4 rings (SSSR count). The Labute approximate surface area is 164 Å². The standard InChI is InChI=1S/C22H26N4O2/c1-28-20-11-4-3-9-17(20)19(26-12-5-2-6-13-26)15-23-22(27)18-10-7-8-16-14-24-25-21(16)18/h3-4,7-11,14,19H,2,5-6,12-13,15H2,1H3,(H,23,27)(H,24,25). The number of aromatic nitrogens is 2. The van der Waals surface area contributed by atoms with E-state index in [0.717, 1.165) is 35.3 Å². The summed E-state index contributed by atoms with van der Waals surface area (Å²) in [6.45, 7) is 2.60. The van der Waals surface area contributed by atoms with Crippen molar-refractivity contribution in [2.45, 2.75) is 25.3 Å². The number of carbonyl (C=O) groups is 1. The van der Waals surface area contributed by atoms with Gasteiger partial charge in [0.1, 0.15) is 5.75 Å². The molecule has 1 aliphatic rings. The molecule has 6 nitrogen and oxygen atoms in total. The number of H-pyrrole nitrogens is 1. The molecule has 2 heterocycles. The molecule has 28 heavy (non-hydrogen) atoms. The Morgan fingerprint density at radius 3 is 2.82 bits per heavy atom. The van der Waals surface area contributed by atoms with Gasteiger partial charge in [-0.3, -0.25) is 14.8 Å². The maximum atomic E-state index is 12.9. The van der Waals surface area contributed by atoms with E-state index in [0.29, 0.717) is 12.1 Å². The Balaban J connectivity index is 1.57. The number of likely N-dealkylation sites (tertiary alicyclic amines) is 1. The molecule has 1 amide bonds. The Hall–Kier alpha value is -2.86. The Morgan fingerprint density at radius 2 is 2.00 bits per heavy atom. The third-order valence-corrected chi connectivity index (χ3v) is 5.51. The van der Waals surface area contributed by atoms with E-state index in [2.05, 4.69) is 26.5 Å². The molecule has 1 aromatic heterocycles. The summed E-state index contributed by atoms with van der Waals surface area (Å²) in [5, 5.41) is 11.1. The fraction of sp³-hybridized carbons (Fsp3) is 0.364. The van der Waals surface area contributed by atoms with Gasteiger partial charge in [-0.2, -0.15) is 5.10 Å². The molecular formula is C22H26N4O2. The number of rotatable bonds is 6. The number of methoxy groups -OCH3 is 1. The predicted molar refractivity (Wildman–Crippen MR) is 110 cm³/mol. The molecule has 0 bridgehead atoms. The van der Waals surface area contributed by atoms with Crippen molar-refractivity contribution in [2.24, 2.45) is 0 Å². The van der Waals surface area contributed by atoms with Crippen molar-refractivity contribution in [1.29, 1.82) is 0 Å². The first-order valence-corrected chi connectivity index (χ1v) is 9.85. The molecule has 3 aromatic rings. The van der Waals surface area contributed by atoms with Crippen LogP contribution in [0.1, 0.15) is 41.2 Å². The zero-order chi connectivity index (χ0) is 19.3. The maximum Gasteiger partial charge on any atom is 0.253 e. The van der Waals surface area contributed by atoms with Crippen molar-refractivity contribution in [1.82, 2.24) is 20.4 Å². The van der Waals surface area contributed by atoms with Gasteiger partial charge in [-0.1, -0.05) is 36.8 Å².